The second-order valence-corrected chi connectivity index (χ2v) is 6.75. The monoisotopic (exact) mass is 399 g/mol. The Morgan fingerprint density at radius 3 is 2.17 bits per heavy atom. The molecule has 0 fully saturated rings. The largest absolute Gasteiger partial charge is 0.497 e. The second-order valence-electron chi connectivity index (χ2n) is 6.75. The Hall–Kier alpha value is -3.86. The molecule has 5 heteroatoms. The van der Waals surface area contributed by atoms with Crippen LogP contribution in [0.25, 0.3) is 21.9 Å². The molecule has 0 unspecified atom stereocenters. The van der Waals surface area contributed by atoms with Gasteiger partial charge in [0.15, 0.2) is 0 Å². The number of fused-ring (bicyclic) bond motifs is 1. The lowest BCUT2D eigenvalue weighted by Gasteiger charge is -2.22. The van der Waals surface area contributed by atoms with Crippen LogP contribution in [0.5, 0.6) is 5.75 Å². The Bertz CT molecular complexity index is 1240. The summed E-state index contributed by atoms with van der Waals surface area (Å²) in [5.41, 5.74) is 1.59. The smallest absolute Gasteiger partial charge is 0.344 e. The van der Waals surface area contributed by atoms with Gasteiger partial charge in [-0.1, -0.05) is 48.5 Å². The van der Waals surface area contributed by atoms with Crippen molar-refractivity contribution in [1.82, 2.24) is 0 Å². The van der Waals surface area contributed by atoms with E-state index in [0.29, 0.717) is 34.3 Å². The Morgan fingerprint density at radius 2 is 1.53 bits per heavy atom. The number of anilines is 1. The first-order chi connectivity index (χ1) is 14.6. The highest BCUT2D eigenvalue weighted by atomic mass is 16.5. The summed E-state index contributed by atoms with van der Waals surface area (Å²) in [5, 5.41) is 1.13. The topological polar surface area (TPSA) is 59.8 Å². The minimum atomic E-state index is -0.528. The van der Waals surface area contributed by atoms with E-state index in [1.807, 2.05) is 61.5 Å². The van der Waals surface area contributed by atoms with Gasteiger partial charge in [-0.15, -0.1) is 0 Å². The first kappa shape index (κ1) is 19.5. The third-order valence-corrected chi connectivity index (χ3v) is 5.04. The summed E-state index contributed by atoms with van der Waals surface area (Å²) in [7, 11) is 1.59. The van der Waals surface area contributed by atoms with Gasteiger partial charge in [0.05, 0.1) is 12.5 Å². The molecule has 0 aliphatic carbocycles. The summed E-state index contributed by atoms with van der Waals surface area (Å²) in [6, 6.07) is 23.9. The lowest BCUT2D eigenvalue weighted by molar-refractivity contribution is 0.0959. The van der Waals surface area contributed by atoms with Gasteiger partial charge in [0, 0.05) is 23.2 Å². The zero-order valence-corrected chi connectivity index (χ0v) is 16.8. The van der Waals surface area contributed by atoms with E-state index in [-0.39, 0.29) is 11.7 Å². The molecule has 0 atom stereocenters. The molecular weight excluding hydrogens is 378 g/mol. The van der Waals surface area contributed by atoms with Crippen molar-refractivity contribution >= 4 is 22.4 Å². The van der Waals surface area contributed by atoms with Crippen molar-refractivity contribution in [2.45, 2.75) is 6.92 Å². The van der Waals surface area contributed by atoms with Crippen LogP contribution >= 0.6 is 0 Å². The molecule has 0 spiro atoms. The quantitative estimate of drug-likeness (QED) is 0.466. The maximum Gasteiger partial charge on any atom is 0.344 e. The van der Waals surface area contributed by atoms with E-state index < -0.39 is 5.63 Å². The van der Waals surface area contributed by atoms with E-state index in [1.165, 1.54) is 0 Å². The molecule has 150 valence electrons. The van der Waals surface area contributed by atoms with Gasteiger partial charge in [0.25, 0.3) is 5.91 Å². The molecule has 3 aromatic carbocycles. The number of carbonyl (C=O) groups excluding carboxylic acids is 1. The minimum absolute atomic E-state index is 0.0302. The third kappa shape index (κ3) is 3.46. The number of ether oxygens (including phenoxy) is 1. The van der Waals surface area contributed by atoms with Crippen molar-refractivity contribution in [2.75, 3.05) is 18.6 Å². The fourth-order valence-electron chi connectivity index (χ4n) is 3.57. The number of amides is 1. The van der Waals surface area contributed by atoms with Gasteiger partial charge in [0.2, 0.25) is 5.76 Å². The highest BCUT2D eigenvalue weighted by Gasteiger charge is 2.26. The van der Waals surface area contributed by atoms with Crippen molar-refractivity contribution in [3.05, 3.63) is 95.0 Å². The summed E-state index contributed by atoms with van der Waals surface area (Å²) < 4.78 is 10.8. The van der Waals surface area contributed by atoms with Crippen LogP contribution < -0.4 is 15.3 Å². The minimum Gasteiger partial charge on any atom is -0.497 e. The maximum atomic E-state index is 13.6. The Labute approximate surface area is 174 Å². The lowest BCUT2D eigenvalue weighted by atomic mass is 9.98. The van der Waals surface area contributed by atoms with Crippen molar-refractivity contribution < 1.29 is 13.9 Å². The summed E-state index contributed by atoms with van der Waals surface area (Å²) in [4.78, 5) is 27.8. The molecule has 1 amide bonds. The normalized spacial score (nSPS) is 10.7. The zero-order chi connectivity index (χ0) is 21.1. The highest BCUT2D eigenvalue weighted by molar-refractivity contribution is 6.12. The van der Waals surface area contributed by atoms with E-state index in [2.05, 4.69) is 0 Å². The number of rotatable bonds is 5. The van der Waals surface area contributed by atoms with E-state index in [4.69, 9.17) is 9.15 Å². The fourth-order valence-corrected chi connectivity index (χ4v) is 3.57. The summed E-state index contributed by atoms with van der Waals surface area (Å²) >= 11 is 0. The van der Waals surface area contributed by atoms with Crippen molar-refractivity contribution in [2.24, 2.45) is 0 Å². The van der Waals surface area contributed by atoms with E-state index in [0.717, 1.165) is 5.56 Å². The van der Waals surface area contributed by atoms with Gasteiger partial charge in [0.1, 0.15) is 5.75 Å². The first-order valence-corrected chi connectivity index (χ1v) is 9.71. The van der Waals surface area contributed by atoms with Crippen molar-refractivity contribution in [3.63, 3.8) is 0 Å². The van der Waals surface area contributed by atoms with Gasteiger partial charge < -0.3 is 14.1 Å². The zero-order valence-electron chi connectivity index (χ0n) is 16.8. The standard InChI is InChI=1S/C25H21NO4/c1-3-26(18-13-15-19(29-2)16-14-18)24(27)23-22(17-9-5-4-6-10-17)20-11-7-8-12-21(20)25(28)30-23/h4-16H,3H2,1-2H3. The summed E-state index contributed by atoms with van der Waals surface area (Å²) in [5.74, 6) is 0.358. The predicted octanol–water partition coefficient (Wildman–Crippen LogP) is 5.14. The molecule has 0 aliphatic heterocycles. The van der Waals surface area contributed by atoms with E-state index in [9.17, 15) is 9.59 Å². The highest BCUT2D eigenvalue weighted by Crippen LogP contribution is 2.32. The van der Waals surface area contributed by atoms with Crippen LogP contribution in [-0.4, -0.2) is 19.6 Å². The van der Waals surface area contributed by atoms with Gasteiger partial charge in [-0.25, -0.2) is 4.79 Å². The fraction of sp³-hybridized carbons (Fsp3) is 0.120. The molecule has 1 aromatic heterocycles. The SMILES string of the molecule is CCN(C(=O)c1oc(=O)c2ccccc2c1-c1ccccc1)c1ccc(OC)cc1. The lowest BCUT2D eigenvalue weighted by Crippen LogP contribution is -2.31. The molecule has 0 aliphatic rings. The third-order valence-electron chi connectivity index (χ3n) is 5.04. The first-order valence-electron chi connectivity index (χ1n) is 9.71. The van der Waals surface area contributed by atoms with Gasteiger partial charge in [-0.05, 0) is 42.8 Å². The number of methoxy groups -OCH3 is 1. The van der Waals surface area contributed by atoms with Crippen LogP contribution in [-0.2, 0) is 0 Å². The van der Waals surface area contributed by atoms with Crippen LogP contribution in [0.3, 0.4) is 0 Å². The van der Waals surface area contributed by atoms with E-state index >= 15 is 0 Å². The molecule has 30 heavy (non-hydrogen) atoms. The van der Waals surface area contributed by atoms with Crippen LogP contribution in [0.4, 0.5) is 5.69 Å². The molecule has 0 saturated carbocycles. The molecule has 4 rings (SSSR count). The van der Waals surface area contributed by atoms with Gasteiger partial charge in [-0.3, -0.25) is 4.79 Å². The molecule has 0 saturated heterocycles. The predicted molar refractivity (Wildman–Crippen MR) is 118 cm³/mol. The van der Waals surface area contributed by atoms with Crippen LogP contribution in [0.15, 0.2) is 88.1 Å². The van der Waals surface area contributed by atoms with E-state index in [1.54, 1.807) is 36.3 Å². The van der Waals surface area contributed by atoms with Crippen molar-refractivity contribution in [3.8, 4) is 16.9 Å². The molecule has 5 nitrogen and oxygen atoms in total. The van der Waals surface area contributed by atoms with Crippen LogP contribution in [0.1, 0.15) is 17.5 Å². The summed E-state index contributed by atoms with van der Waals surface area (Å²) in [6.45, 7) is 2.29. The molecule has 4 aromatic rings. The molecule has 0 radical (unpaired) electrons. The number of hydrogen-bond donors (Lipinski definition) is 0. The number of carbonyl (C=O) groups is 1. The second kappa shape index (κ2) is 8.25. The maximum absolute atomic E-state index is 13.6. The number of hydrogen-bond acceptors (Lipinski definition) is 4. The van der Waals surface area contributed by atoms with Gasteiger partial charge >= 0.3 is 5.63 Å². The Morgan fingerprint density at radius 1 is 0.900 bits per heavy atom. The van der Waals surface area contributed by atoms with Crippen LogP contribution in [0.2, 0.25) is 0 Å². The average molecular weight is 399 g/mol. The Kier molecular flexibility index (Phi) is 5.35. The summed E-state index contributed by atoms with van der Waals surface area (Å²) in [6.07, 6.45) is 0. The molecule has 0 bridgehead atoms. The molecule has 1 heterocycles. The molecular formula is C25H21NO4. The van der Waals surface area contributed by atoms with Crippen LogP contribution in [0, 0.1) is 0 Å². The Balaban J connectivity index is 1.92. The van der Waals surface area contributed by atoms with Gasteiger partial charge in [-0.2, -0.15) is 0 Å². The average Bonchev–Trinajstić information content (AvgIpc) is 2.80. The number of nitrogens with zero attached hydrogens (tertiary/aromatic N) is 1. The number of benzene rings is 3. The molecule has 0 N–H and O–H groups in total. The van der Waals surface area contributed by atoms with Crippen molar-refractivity contribution in [1.29, 1.82) is 0 Å².